The van der Waals surface area contributed by atoms with Crippen molar-refractivity contribution in [1.29, 1.82) is 0 Å². The normalized spacial score (nSPS) is 12.6. The van der Waals surface area contributed by atoms with Gasteiger partial charge in [-0.3, -0.25) is 0 Å². The number of hydrogen-bond donors (Lipinski definition) is 0. The predicted molar refractivity (Wildman–Crippen MR) is 67.0 cm³/mol. The van der Waals surface area contributed by atoms with Gasteiger partial charge in [-0.25, -0.2) is 0 Å². The SMILES string of the molecule is COc1ccc(S(=O)(=O)/N=C(/Cl)SC)cc1. The summed E-state index contributed by atoms with van der Waals surface area (Å²) in [6.45, 7) is 0. The van der Waals surface area contributed by atoms with Crippen molar-refractivity contribution in [3.8, 4) is 5.75 Å². The minimum Gasteiger partial charge on any atom is -0.497 e. The van der Waals surface area contributed by atoms with Crippen LogP contribution in [-0.2, 0) is 10.0 Å². The lowest BCUT2D eigenvalue weighted by Crippen LogP contribution is -1.98. The van der Waals surface area contributed by atoms with E-state index >= 15 is 0 Å². The average molecular weight is 280 g/mol. The fourth-order valence-corrected chi connectivity index (χ4v) is 2.57. The van der Waals surface area contributed by atoms with Gasteiger partial charge in [-0.05, 0) is 30.5 Å². The first kappa shape index (κ1) is 13.3. The van der Waals surface area contributed by atoms with E-state index in [0.29, 0.717) is 5.75 Å². The molecule has 0 atom stereocenters. The van der Waals surface area contributed by atoms with Gasteiger partial charge in [0.25, 0.3) is 10.0 Å². The third-order valence-electron chi connectivity index (χ3n) is 1.72. The zero-order valence-electron chi connectivity index (χ0n) is 8.68. The van der Waals surface area contributed by atoms with Crippen LogP contribution in [0.4, 0.5) is 0 Å². The van der Waals surface area contributed by atoms with Crippen LogP contribution in [0.3, 0.4) is 0 Å². The lowest BCUT2D eigenvalue weighted by atomic mass is 10.3. The maximum absolute atomic E-state index is 11.7. The summed E-state index contributed by atoms with van der Waals surface area (Å²) in [5.41, 5.74) is 0. The Morgan fingerprint density at radius 1 is 1.38 bits per heavy atom. The van der Waals surface area contributed by atoms with E-state index in [1.54, 1.807) is 18.4 Å². The third kappa shape index (κ3) is 3.40. The number of nitrogens with zero attached hydrogens (tertiary/aromatic N) is 1. The molecule has 16 heavy (non-hydrogen) atoms. The lowest BCUT2D eigenvalue weighted by Gasteiger charge is -2.01. The molecule has 1 aromatic carbocycles. The van der Waals surface area contributed by atoms with Crippen molar-refractivity contribution in [1.82, 2.24) is 0 Å². The van der Waals surface area contributed by atoms with Crippen molar-refractivity contribution < 1.29 is 13.2 Å². The molecule has 0 amide bonds. The average Bonchev–Trinajstić information content (AvgIpc) is 2.28. The summed E-state index contributed by atoms with van der Waals surface area (Å²) in [5, 5.41) is 0. The highest BCUT2D eigenvalue weighted by molar-refractivity contribution is 8.16. The standard InChI is InChI=1S/C9H10ClNO3S2/c1-14-7-3-5-8(6-4-7)16(12,13)11-9(10)15-2/h3-6H,1-2H3/b11-9-. The zero-order valence-corrected chi connectivity index (χ0v) is 11.1. The molecule has 0 radical (unpaired) electrons. The first-order chi connectivity index (χ1) is 7.49. The Balaban J connectivity index is 3.08. The first-order valence-electron chi connectivity index (χ1n) is 4.18. The molecule has 0 saturated heterocycles. The van der Waals surface area contributed by atoms with Gasteiger partial charge in [-0.1, -0.05) is 23.4 Å². The van der Waals surface area contributed by atoms with E-state index in [2.05, 4.69) is 4.40 Å². The van der Waals surface area contributed by atoms with Gasteiger partial charge in [-0.2, -0.15) is 8.42 Å². The van der Waals surface area contributed by atoms with Crippen molar-refractivity contribution in [3.05, 3.63) is 24.3 Å². The number of benzene rings is 1. The Labute approximate surface area is 104 Å². The highest BCUT2D eigenvalue weighted by Gasteiger charge is 2.13. The summed E-state index contributed by atoms with van der Waals surface area (Å²) < 4.78 is 31.7. The molecule has 4 nitrogen and oxygen atoms in total. The number of ether oxygens (including phenoxy) is 1. The Kier molecular flexibility index (Phi) is 4.64. The largest absolute Gasteiger partial charge is 0.497 e. The van der Waals surface area contributed by atoms with Crippen LogP contribution >= 0.6 is 23.4 Å². The number of halogens is 1. The van der Waals surface area contributed by atoms with Crippen LogP contribution in [0, 0.1) is 0 Å². The number of thioether (sulfide) groups is 1. The van der Waals surface area contributed by atoms with Crippen molar-refractivity contribution in [2.75, 3.05) is 13.4 Å². The Bertz CT molecular complexity index is 482. The molecule has 0 saturated carbocycles. The second kappa shape index (κ2) is 5.56. The van der Waals surface area contributed by atoms with E-state index in [4.69, 9.17) is 16.3 Å². The molecule has 1 aromatic rings. The molecule has 0 spiro atoms. The number of methoxy groups -OCH3 is 1. The maximum Gasteiger partial charge on any atom is 0.284 e. The lowest BCUT2D eigenvalue weighted by molar-refractivity contribution is 0.414. The van der Waals surface area contributed by atoms with Crippen LogP contribution in [0.5, 0.6) is 5.75 Å². The fraction of sp³-hybridized carbons (Fsp3) is 0.222. The van der Waals surface area contributed by atoms with Gasteiger partial charge in [0.15, 0.2) is 4.50 Å². The molecule has 0 aliphatic rings. The topological polar surface area (TPSA) is 55.7 Å². The molecule has 0 N–H and O–H groups in total. The van der Waals surface area contributed by atoms with E-state index in [-0.39, 0.29) is 9.40 Å². The van der Waals surface area contributed by atoms with Gasteiger partial charge >= 0.3 is 0 Å². The molecule has 7 heteroatoms. The molecule has 0 aliphatic carbocycles. The van der Waals surface area contributed by atoms with E-state index in [1.165, 1.54) is 19.2 Å². The van der Waals surface area contributed by atoms with Gasteiger partial charge in [0.1, 0.15) is 5.75 Å². The Hall–Kier alpha value is -0.720. The summed E-state index contributed by atoms with van der Waals surface area (Å²) in [6, 6.07) is 5.94. The second-order valence-corrected chi connectivity index (χ2v) is 5.68. The van der Waals surface area contributed by atoms with Crippen molar-refractivity contribution >= 4 is 37.9 Å². The number of rotatable bonds is 3. The third-order valence-corrected chi connectivity index (χ3v) is 4.20. The number of sulfonamides is 1. The van der Waals surface area contributed by atoms with Crippen LogP contribution in [0.25, 0.3) is 0 Å². The smallest absolute Gasteiger partial charge is 0.284 e. The summed E-state index contributed by atoms with van der Waals surface area (Å²) in [7, 11) is -2.21. The van der Waals surface area contributed by atoms with Gasteiger partial charge in [0, 0.05) is 0 Å². The van der Waals surface area contributed by atoms with Gasteiger partial charge in [0.2, 0.25) is 0 Å². The van der Waals surface area contributed by atoms with Gasteiger partial charge in [-0.15, -0.1) is 4.40 Å². The van der Waals surface area contributed by atoms with Crippen molar-refractivity contribution in [2.45, 2.75) is 4.90 Å². The summed E-state index contributed by atoms with van der Waals surface area (Å²) >= 11 is 6.63. The molecule has 88 valence electrons. The Morgan fingerprint density at radius 2 is 1.94 bits per heavy atom. The minimum absolute atomic E-state index is 0.0178. The van der Waals surface area contributed by atoms with Crippen LogP contribution < -0.4 is 4.74 Å². The second-order valence-electron chi connectivity index (χ2n) is 2.70. The van der Waals surface area contributed by atoms with Crippen LogP contribution in [0.1, 0.15) is 0 Å². The molecule has 0 aromatic heterocycles. The molecule has 0 fully saturated rings. The van der Waals surface area contributed by atoms with Gasteiger partial charge in [0.05, 0.1) is 12.0 Å². The molecule has 0 aliphatic heterocycles. The molecule has 0 unspecified atom stereocenters. The molecular formula is C9H10ClNO3S2. The molecule has 0 bridgehead atoms. The highest BCUT2D eigenvalue weighted by Crippen LogP contribution is 2.19. The quantitative estimate of drug-likeness (QED) is 0.629. The summed E-state index contributed by atoms with van der Waals surface area (Å²) in [5.74, 6) is 0.582. The maximum atomic E-state index is 11.7. The van der Waals surface area contributed by atoms with Gasteiger partial charge < -0.3 is 4.74 Å². The van der Waals surface area contributed by atoms with Crippen LogP contribution in [0.2, 0.25) is 0 Å². The van der Waals surface area contributed by atoms with Crippen molar-refractivity contribution in [3.63, 3.8) is 0 Å². The predicted octanol–water partition coefficient (Wildman–Crippen LogP) is 2.34. The first-order valence-corrected chi connectivity index (χ1v) is 7.22. The minimum atomic E-state index is -3.72. The van der Waals surface area contributed by atoms with Crippen LogP contribution in [-0.4, -0.2) is 26.3 Å². The molecular weight excluding hydrogens is 270 g/mol. The molecule has 0 heterocycles. The van der Waals surface area contributed by atoms with E-state index < -0.39 is 10.0 Å². The molecule has 1 rings (SSSR count). The van der Waals surface area contributed by atoms with E-state index in [1.807, 2.05) is 0 Å². The number of hydrogen-bond acceptors (Lipinski definition) is 4. The summed E-state index contributed by atoms with van der Waals surface area (Å²) in [4.78, 5) is 0.0838. The van der Waals surface area contributed by atoms with Crippen LogP contribution in [0.15, 0.2) is 33.6 Å². The highest BCUT2D eigenvalue weighted by atomic mass is 35.5. The Morgan fingerprint density at radius 3 is 2.38 bits per heavy atom. The monoisotopic (exact) mass is 279 g/mol. The fourth-order valence-electron chi connectivity index (χ4n) is 0.932. The van der Waals surface area contributed by atoms with E-state index in [0.717, 1.165) is 11.8 Å². The zero-order chi connectivity index (χ0) is 12.2. The van der Waals surface area contributed by atoms with E-state index in [9.17, 15) is 8.42 Å². The van der Waals surface area contributed by atoms with Crippen molar-refractivity contribution in [2.24, 2.45) is 4.40 Å². The summed E-state index contributed by atoms with van der Waals surface area (Å²) in [6.07, 6.45) is 1.65.